The van der Waals surface area contributed by atoms with E-state index in [9.17, 15) is 9.59 Å². The first kappa shape index (κ1) is 11.7. The lowest BCUT2D eigenvalue weighted by Gasteiger charge is -2.15. The van der Waals surface area contributed by atoms with Gasteiger partial charge in [0.1, 0.15) is 0 Å². The highest BCUT2D eigenvalue weighted by molar-refractivity contribution is 5.74. The summed E-state index contributed by atoms with van der Waals surface area (Å²) in [6.45, 7) is -0.669. The quantitative estimate of drug-likeness (QED) is 0.399. The maximum Gasteiger partial charge on any atom is 0.341 e. The number of hydrogen-bond donors (Lipinski definition) is 4. The Balaban J connectivity index is 2.26. The molecule has 8 nitrogen and oxygen atoms in total. The SMILES string of the molecule is O=C(O)CONC(=O)N1CC(O)C(O)C1. The molecule has 1 heterocycles. The number of likely N-dealkylation sites (tertiary alicyclic amines) is 1. The lowest BCUT2D eigenvalue weighted by Crippen LogP contribution is -2.39. The molecule has 2 unspecified atom stereocenters. The van der Waals surface area contributed by atoms with Crippen LogP contribution in [-0.2, 0) is 9.63 Å². The molecule has 4 N–H and O–H groups in total. The summed E-state index contributed by atoms with van der Waals surface area (Å²) in [6, 6.07) is -0.688. The zero-order valence-corrected chi connectivity index (χ0v) is 7.79. The number of β-amino-alcohol motifs (C(OH)–C–C–N with tert-alkyl or cyclic N) is 2. The van der Waals surface area contributed by atoms with Gasteiger partial charge in [0.05, 0.1) is 25.3 Å². The number of nitrogens with one attached hydrogen (secondary N) is 1. The Morgan fingerprint density at radius 3 is 2.33 bits per heavy atom. The van der Waals surface area contributed by atoms with Crippen molar-refractivity contribution in [1.29, 1.82) is 0 Å². The number of carbonyl (C=O) groups excluding carboxylic acids is 1. The lowest BCUT2D eigenvalue weighted by molar-refractivity contribution is -0.144. The third kappa shape index (κ3) is 3.35. The predicted octanol–water partition coefficient (Wildman–Crippen LogP) is -2.25. The van der Waals surface area contributed by atoms with Gasteiger partial charge in [-0.25, -0.2) is 15.1 Å². The number of aliphatic hydroxyl groups excluding tert-OH is 2. The first-order valence-electron chi connectivity index (χ1n) is 4.25. The molecule has 0 bridgehead atoms. The number of hydrogen-bond acceptors (Lipinski definition) is 5. The number of rotatable bonds is 3. The Morgan fingerprint density at radius 1 is 1.33 bits per heavy atom. The van der Waals surface area contributed by atoms with Crippen LogP contribution in [0.15, 0.2) is 0 Å². The molecule has 0 spiro atoms. The van der Waals surface area contributed by atoms with Crippen LogP contribution in [0.4, 0.5) is 4.79 Å². The van der Waals surface area contributed by atoms with Crippen LogP contribution in [0.1, 0.15) is 0 Å². The summed E-state index contributed by atoms with van der Waals surface area (Å²) >= 11 is 0. The second-order valence-electron chi connectivity index (χ2n) is 3.13. The zero-order valence-electron chi connectivity index (χ0n) is 7.79. The molecule has 0 aromatic rings. The number of urea groups is 1. The van der Waals surface area contributed by atoms with Crippen molar-refractivity contribution in [3.8, 4) is 0 Å². The molecule has 2 amide bonds. The van der Waals surface area contributed by atoms with Gasteiger partial charge in [0.2, 0.25) is 0 Å². The van der Waals surface area contributed by atoms with Gasteiger partial charge >= 0.3 is 12.0 Å². The van der Waals surface area contributed by atoms with Crippen molar-refractivity contribution in [1.82, 2.24) is 10.4 Å². The van der Waals surface area contributed by atoms with Crippen LogP contribution in [0.25, 0.3) is 0 Å². The molecule has 2 atom stereocenters. The van der Waals surface area contributed by atoms with Crippen LogP contribution in [-0.4, -0.2) is 64.1 Å². The molecule has 0 saturated carbocycles. The molecule has 8 heteroatoms. The Bertz CT molecular complexity index is 248. The lowest BCUT2D eigenvalue weighted by atomic mass is 10.3. The van der Waals surface area contributed by atoms with E-state index in [1.165, 1.54) is 0 Å². The zero-order chi connectivity index (χ0) is 11.4. The minimum atomic E-state index is -1.21. The van der Waals surface area contributed by atoms with Gasteiger partial charge in [0.25, 0.3) is 0 Å². The molecule has 0 aromatic heterocycles. The Labute approximate surface area is 85.0 Å². The summed E-state index contributed by atoms with van der Waals surface area (Å²) in [5.74, 6) is -1.21. The van der Waals surface area contributed by atoms with Gasteiger partial charge in [-0.05, 0) is 0 Å². The van der Waals surface area contributed by atoms with Crippen molar-refractivity contribution in [2.24, 2.45) is 0 Å². The Hall–Kier alpha value is -1.38. The number of amides is 2. The number of aliphatic carboxylic acids is 1. The first-order valence-corrected chi connectivity index (χ1v) is 4.25. The van der Waals surface area contributed by atoms with Crippen molar-refractivity contribution in [3.63, 3.8) is 0 Å². The van der Waals surface area contributed by atoms with Gasteiger partial charge in [-0.1, -0.05) is 0 Å². The minimum absolute atomic E-state index is 0.0105. The highest BCUT2D eigenvalue weighted by Crippen LogP contribution is 2.09. The fourth-order valence-corrected chi connectivity index (χ4v) is 1.16. The van der Waals surface area contributed by atoms with Crippen molar-refractivity contribution in [2.45, 2.75) is 12.2 Å². The third-order valence-corrected chi connectivity index (χ3v) is 1.90. The van der Waals surface area contributed by atoms with Crippen LogP contribution < -0.4 is 5.48 Å². The van der Waals surface area contributed by atoms with Crippen molar-refractivity contribution in [2.75, 3.05) is 19.7 Å². The summed E-state index contributed by atoms with van der Waals surface area (Å²) in [4.78, 5) is 26.7. The van der Waals surface area contributed by atoms with Crippen LogP contribution in [0.5, 0.6) is 0 Å². The highest BCUT2D eigenvalue weighted by Gasteiger charge is 2.32. The van der Waals surface area contributed by atoms with E-state index < -0.39 is 30.8 Å². The van der Waals surface area contributed by atoms with Crippen LogP contribution >= 0.6 is 0 Å². The standard InChI is InChI=1S/C7H12N2O6/c10-4-1-9(2-5(4)11)7(14)8-15-3-6(12)13/h4-5,10-11H,1-3H2,(H,8,14)(H,12,13). The number of aliphatic hydroxyl groups is 2. The molecule has 1 aliphatic rings. The largest absolute Gasteiger partial charge is 0.479 e. The topological polar surface area (TPSA) is 119 Å². The number of carbonyl (C=O) groups is 2. The normalized spacial score (nSPS) is 25.3. The van der Waals surface area contributed by atoms with Gasteiger partial charge in [-0.2, -0.15) is 0 Å². The summed E-state index contributed by atoms with van der Waals surface area (Å²) in [5, 5.41) is 26.5. The van der Waals surface area contributed by atoms with Crippen LogP contribution in [0.3, 0.4) is 0 Å². The second kappa shape index (κ2) is 4.91. The van der Waals surface area contributed by atoms with E-state index in [1.807, 2.05) is 5.48 Å². The fraction of sp³-hybridized carbons (Fsp3) is 0.714. The predicted molar refractivity (Wildman–Crippen MR) is 45.7 cm³/mol. The Kier molecular flexibility index (Phi) is 3.83. The monoisotopic (exact) mass is 220 g/mol. The molecule has 0 aromatic carbocycles. The number of carboxylic acids is 1. The smallest absolute Gasteiger partial charge is 0.341 e. The fourth-order valence-electron chi connectivity index (χ4n) is 1.16. The van der Waals surface area contributed by atoms with E-state index in [1.54, 1.807) is 0 Å². The Morgan fingerprint density at radius 2 is 1.87 bits per heavy atom. The van der Waals surface area contributed by atoms with Gasteiger partial charge < -0.3 is 20.2 Å². The summed E-state index contributed by atoms with van der Waals surface area (Å²) < 4.78 is 0. The molecule has 1 fully saturated rings. The molecular formula is C7H12N2O6. The van der Waals surface area contributed by atoms with E-state index in [0.717, 1.165) is 4.90 Å². The molecular weight excluding hydrogens is 208 g/mol. The van der Waals surface area contributed by atoms with Crippen molar-refractivity contribution >= 4 is 12.0 Å². The number of carboxylic acid groups (broad SMARTS) is 1. The van der Waals surface area contributed by atoms with Gasteiger partial charge in [-0.3, -0.25) is 4.84 Å². The summed E-state index contributed by atoms with van der Waals surface area (Å²) in [5.41, 5.74) is 1.88. The van der Waals surface area contributed by atoms with Crippen LogP contribution in [0, 0.1) is 0 Å². The summed E-state index contributed by atoms with van der Waals surface area (Å²) in [7, 11) is 0. The number of nitrogens with zero attached hydrogens (tertiary/aromatic N) is 1. The minimum Gasteiger partial charge on any atom is -0.479 e. The van der Waals surface area contributed by atoms with Gasteiger partial charge in [0, 0.05) is 0 Å². The van der Waals surface area contributed by atoms with E-state index in [-0.39, 0.29) is 13.1 Å². The molecule has 1 rings (SSSR count). The van der Waals surface area contributed by atoms with Crippen molar-refractivity contribution < 1.29 is 29.7 Å². The number of hydroxylamine groups is 1. The molecule has 1 saturated heterocycles. The van der Waals surface area contributed by atoms with E-state index in [2.05, 4.69) is 4.84 Å². The molecule has 15 heavy (non-hydrogen) atoms. The van der Waals surface area contributed by atoms with Gasteiger partial charge in [-0.15, -0.1) is 0 Å². The van der Waals surface area contributed by atoms with E-state index in [0.29, 0.717) is 0 Å². The highest BCUT2D eigenvalue weighted by atomic mass is 16.7. The van der Waals surface area contributed by atoms with E-state index in [4.69, 9.17) is 15.3 Å². The van der Waals surface area contributed by atoms with Crippen LogP contribution in [0.2, 0.25) is 0 Å². The maximum absolute atomic E-state index is 11.2. The molecule has 1 aliphatic heterocycles. The average molecular weight is 220 g/mol. The average Bonchev–Trinajstić information content (AvgIpc) is 2.46. The van der Waals surface area contributed by atoms with Crippen molar-refractivity contribution in [3.05, 3.63) is 0 Å². The second-order valence-corrected chi connectivity index (χ2v) is 3.13. The van der Waals surface area contributed by atoms with Gasteiger partial charge in [0.15, 0.2) is 6.61 Å². The molecule has 86 valence electrons. The summed E-state index contributed by atoms with van der Waals surface area (Å²) in [6.07, 6.45) is -1.95. The third-order valence-electron chi connectivity index (χ3n) is 1.90. The maximum atomic E-state index is 11.2. The van der Waals surface area contributed by atoms with E-state index >= 15 is 0 Å². The molecule has 0 aliphatic carbocycles. The molecule has 0 radical (unpaired) electrons. The first-order chi connectivity index (χ1) is 7.00.